The van der Waals surface area contributed by atoms with Crippen molar-refractivity contribution in [2.45, 2.75) is 18.4 Å². The standard InChI is InChI=1S/C17H19ClN2O5S/c1-3-25-17(21)20-15-10-13(8-9-16(15)24-2)26(22,23)19-11-12-6-4-5-7-14(12)18/h4-10,19H,3,11H2,1-2H3,(H,20,21). The van der Waals surface area contributed by atoms with E-state index >= 15 is 0 Å². The van der Waals surface area contributed by atoms with Crippen LogP contribution in [0.3, 0.4) is 0 Å². The third-order valence-electron chi connectivity index (χ3n) is 3.40. The van der Waals surface area contributed by atoms with E-state index in [0.717, 1.165) is 0 Å². The molecule has 26 heavy (non-hydrogen) atoms. The summed E-state index contributed by atoms with van der Waals surface area (Å²) in [6, 6.07) is 11.1. The first kappa shape index (κ1) is 20.0. The highest BCUT2D eigenvalue weighted by Gasteiger charge is 2.18. The number of anilines is 1. The van der Waals surface area contributed by atoms with E-state index in [9.17, 15) is 13.2 Å². The molecular weight excluding hydrogens is 380 g/mol. The third-order valence-corrected chi connectivity index (χ3v) is 5.17. The predicted octanol–water partition coefficient (Wildman–Crippen LogP) is 3.40. The highest BCUT2D eigenvalue weighted by Crippen LogP contribution is 2.28. The van der Waals surface area contributed by atoms with Crippen LogP contribution in [0.4, 0.5) is 10.5 Å². The lowest BCUT2D eigenvalue weighted by Gasteiger charge is -2.13. The molecule has 0 aromatic heterocycles. The van der Waals surface area contributed by atoms with Gasteiger partial charge in [0.05, 0.1) is 24.3 Å². The average molecular weight is 399 g/mol. The van der Waals surface area contributed by atoms with E-state index < -0.39 is 16.1 Å². The fourth-order valence-electron chi connectivity index (χ4n) is 2.13. The van der Waals surface area contributed by atoms with Gasteiger partial charge in [-0.15, -0.1) is 0 Å². The van der Waals surface area contributed by atoms with Crippen LogP contribution in [0, 0.1) is 0 Å². The first-order valence-electron chi connectivity index (χ1n) is 7.72. The summed E-state index contributed by atoms with van der Waals surface area (Å²) in [6.07, 6.45) is -0.704. The molecule has 0 aliphatic heterocycles. The molecule has 9 heteroatoms. The maximum absolute atomic E-state index is 12.5. The number of hydrogen-bond acceptors (Lipinski definition) is 5. The van der Waals surface area contributed by atoms with E-state index in [0.29, 0.717) is 16.3 Å². The van der Waals surface area contributed by atoms with Crippen LogP contribution in [-0.2, 0) is 21.3 Å². The first-order valence-corrected chi connectivity index (χ1v) is 9.58. The number of amides is 1. The Kier molecular flexibility index (Phi) is 6.84. The SMILES string of the molecule is CCOC(=O)Nc1cc(S(=O)(=O)NCc2ccccc2Cl)ccc1OC. The predicted molar refractivity (Wildman–Crippen MR) is 99.1 cm³/mol. The highest BCUT2D eigenvalue weighted by molar-refractivity contribution is 7.89. The lowest BCUT2D eigenvalue weighted by Crippen LogP contribution is -2.23. The quantitative estimate of drug-likeness (QED) is 0.745. The smallest absolute Gasteiger partial charge is 0.411 e. The Balaban J connectivity index is 2.23. The second-order valence-electron chi connectivity index (χ2n) is 5.12. The Hall–Kier alpha value is -2.29. The Morgan fingerprint density at radius 1 is 1.19 bits per heavy atom. The monoisotopic (exact) mass is 398 g/mol. The molecule has 2 aromatic rings. The van der Waals surface area contributed by atoms with Crippen LogP contribution < -0.4 is 14.8 Å². The summed E-state index contributed by atoms with van der Waals surface area (Å²) in [5.74, 6) is 0.308. The van der Waals surface area contributed by atoms with Gasteiger partial charge in [-0.05, 0) is 36.8 Å². The van der Waals surface area contributed by atoms with Crippen molar-refractivity contribution in [2.24, 2.45) is 0 Å². The maximum Gasteiger partial charge on any atom is 0.411 e. The Morgan fingerprint density at radius 2 is 1.92 bits per heavy atom. The number of ether oxygens (including phenoxy) is 2. The van der Waals surface area contributed by atoms with Gasteiger partial charge in [0.25, 0.3) is 0 Å². The molecule has 2 aromatic carbocycles. The van der Waals surface area contributed by atoms with Crippen molar-refractivity contribution in [3.8, 4) is 5.75 Å². The zero-order chi connectivity index (χ0) is 19.2. The van der Waals surface area contributed by atoms with Crippen molar-refractivity contribution in [1.29, 1.82) is 0 Å². The van der Waals surface area contributed by atoms with Gasteiger partial charge in [-0.2, -0.15) is 0 Å². The molecule has 0 bridgehead atoms. The molecule has 7 nitrogen and oxygen atoms in total. The number of rotatable bonds is 7. The fraction of sp³-hybridized carbons (Fsp3) is 0.235. The molecule has 2 N–H and O–H groups in total. The highest BCUT2D eigenvalue weighted by atomic mass is 35.5. The maximum atomic E-state index is 12.5. The first-order chi connectivity index (χ1) is 12.4. The van der Waals surface area contributed by atoms with Crippen molar-refractivity contribution < 1.29 is 22.7 Å². The summed E-state index contributed by atoms with van der Waals surface area (Å²) in [7, 11) is -2.41. The minimum Gasteiger partial charge on any atom is -0.495 e. The number of carbonyl (C=O) groups excluding carboxylic acids is 1. The number of methoxy groups -OCH3 is 1. The van der Waals surface area contributed by atoms with E-state index in [4.69, 9.17) is 21.1 Å². The summed E-state index contributed by atoms with van der Waals surface area (Å²) in [4.78, 5) is 11.6. The van der Waals surface area contributed by atoms with Gasteiger partial charge in [-0.1, -0.05) is 29.8 Å². The van der Waals surface area contributed by atoms with Gasteiger partial charge >= 0.3 is 6.09 Å². The third kappa shape index (κ3) is 5.10. The molecule has 140 valence electrons. The van der Waals surface area contributed by atoms with Gasteiger partial charge in [0, 0.05) is 11.6 Å². The molecule has 0 saturated heterocycles. The van der Waals surface area contributed by atoms with Gasteiger partial charge in [0.2, 0.25) is 10.0 Å². The topological polar surface area (TPSA) is 93.7 Å². The van der Waals surface area contributed by atoms with E-state index in [-0.39, 0.29) is 23.7 Å². The molecule has 0 unspecified atom stereocenters. The number of nitrogens with one attached hydrogen (secondary N) is 2. The van der Waals surface area contributed by atoms with E-state index in [1.54, 1.807) is 31.2 Å². The van der Waals surface area contributed by atoms with Crippen LogP contribution >= 0.6 is 11.6 Å². The van der Waals surface area contributed by atoms with Gasteiger partial charge in [-0.25, -0.2) is 17.9 Å². The van der Waals surface area contributed by atoms with Crippen LogP contribution in [0.1, 0.15) is 12.5 Å². The molecule has 0 fully saturated rings. The van der Waals surface area contributed by atoms with Crippen molar-refractivity contribution in [1.82, 2.24) is 4.72 Å². The second kappa shape index (κ2) is 8.88. The normalized spacial score (nSPS) is 11.0. The fourth-order valence-corrected chi connectivity index (χ4v) is 3.36. The van der Waals surface area contributed by atoms with E-state index in [1.165, 1.54) is 25.3 Å². The van der Waals surface area contributed by atoms with Crippen molar-refractivity contribution in [3.05, 3.63) is 53.1 Å². The number of benzene rings is 2. The Labute approximate surface area is 157 Å². The molecule has 2 rings (SSSR count). The molecule has 0 spiro atoms. The van der Waals surface area contributed by atoms with E-state index in [2.05, 4.69) is 10.0 Å². The Morgan fingerprint density at radius 3 is 2.58 bits per heavy atom. The molecule has 0 atom stereocenters. The zero-order valence-corrected chi connectivity index (χ0v) is 15.9. The number of halogens is 1. The Bertz CT molecular complexity index is 886. The summed E-state index contributed by atoms with van der Waals surface area (Å²) >= 11 is 6.04. The largest absolute Gasteiger partial charge is 0.495 e. The van der Waals surface area contributed by atoms with Crippen LogP contribution in [0.2, 0.25) is 5.02 Å². The number of sulfonamides is 1. The lowest BCUT2D eigenvalue weighted by molar-refractivity contribution is 0.168. The summed E-state index contributed by atoms with van der Waals surface area (Å²) in [5.41, 5.74) is 0.836. The summed E-state index contributed by atoms with van der Waals surface area (Å²) in [6.45, 7) is 1.89. The minimum absolute atomic E-state index is 0.0304. The minimum atomic E-state index is -3.83. The van der Waals surface area contributed by atoms with Crippen LogP contribution in [0.25, 0.3) is 0 Å². The average Bonchev–Trinajstić information content (AvgIpc) is 2.61. The molecule has 0 heterocycles. The van der Waals surface area contributed by atoms with Crippen molar-refractivity contribution in [3.63, 3.8) is 0 Å². The molecule has 0 saturated carbocycles. The van der Waals surface area contributed by atoms with Gasteiger partial charge in [0.15, 0.2) is 0 Å². The van der Waals surface area contributed by atoms with Gasteiger partial charge in [0.1, 0.15) is 5.75 Å². The van der Waals surface area contributed by atoms with Crippen LogP contribution in [0.15, 0.2) is 47.4 Å². The molecular formula is C17H19ClN2O5S. The number of hydrogen-bond donors (Lipinski definition) is 2. The molecule has 1 amide bonds. The van der Waals surface area contributed by atoms with Gasteiger partial charge < -0.3 is 9.47 Å². The van der Waals surface area contributed by atoms with Crippen molar-refractivity contribution >= 4 is 33.4 Å². The van der Waals surface area contributed by atoms with Crippen molar-refractivity contribution in [2.75, 3.05) is 19.0 Å². The van der Waals surface area contributed by atoms with Crippen LogP contribution in [0.5, 0.6) is 5.75 Å². The summed E-state index contributed by atoms with van der Waals surface area (Å²) < 4.78 is 37.5. The van der Waals surface area contributed by atoms with Gasteiger partial charge in [-0.3, -0.25) is 5.32 Å². The second-order valence-corrected chi connectivity index (χ2v) is 7.30. The summed E-state index contributed by atoms with van der Waals surface area (Å²) in [5, 5.41) is 2.93. The molecule has 0 aliphatic rings. The van der Waals surface area contributed by atoms with Crippen LogP contribution in [-0.4, -0.2) is 28.2 Å². The van der Waals surface area contributed by atoms with E-state index in [1.807, 2.05) is 0 Å². The zero-order valence-electron chi connectivity index (χ0n) is 14.3. The molecule has 0 aliphatic carbocycles. The lowest BCUT2D eigenvalue weighted by atomic mass is 10.2. The number of carbonyl (C=O) groups is 1. The molecule has 0 radical (unpaired) electrons.